The SMILES string of the molecule is Cc1ccc(-c2nc3ccccn3c2NC(=O)C(C)Cl)cc1. The molecule has 0 fully saturated rings. The average molecular weight is 314 g/mol. The fourth-order valence-electron chi connectivity index (χ4n) is 2.24. The average Bonchev–Trinajstić information content (AvgIpc) is 2.87. The van der Waals surface area contributed by atoms with Crippen LogP contribution in [0, 0.1) is 6.92 Å². The van der Waals surface area contributed by atoms with Crippen LogP contribution in [0.5, 0.6) is 0 Å². The lowest BCUT2D eigenvalue weighted by molar-refractivity contribution is -0.115. The monoisotopic (exact) mass is 313 g/mol. The van der Waals surface area contributed by atoms with Gasteiger partial charge < -0.3 is 5.32 Å². The Hall–Kier alpha value is -2.33. The normalized spacial score (nSPS) is 12.3. The maximum atomic E-state index is 12.0. The Morgan fingerprint density at radius 2 is 1.95 bits per heavy atom. The molecule has 112 valence electrons. The topological polar surface area (TPSA) is 46.4 Å². The van der Waals surface area contributed by atoms with E-state index in [9.17, 15) is 4.79 Å². The van der Waals surface area contributed by atoms with Crippen LogP contribution in [0.15, 0.2) is 48.7 Å². The summed E-state index contributed by atoms with van der Waals surface area (Å²) in [5, 5.41) is 2.26. The van der Waals surface area contributed by atoms with Gasteiger partial charge in [0.2, 0.25) is 5.91 Å². The van der Waals surface area contributed by atoms with Gasteiger partial charge >= 0.3 is 0 Å². The summed E-state index contributed by atoms with van der Waals surface area (Å²) in [6.07, 6.45) is 1.87. The van der Waals surface area contributed by atoms with Gasteiger partial charge in [-0.3, -0.25) is 9.20 Å². The van der Waals surface area contributed by atoms with E-state index in [1.165, 1.54) is 5.56 Å². The molecule has 0 saturated heterocycles. The van der Waals surface area contributed by atoms with Crippen molar-refractivity contribution in [1.82, 2.24) is 9.38 Å². The maximum Gasteiger partial charge on any atom is 0.243 e. The molecule has 1 aromatic carbocycles. The molecule has 1 unspecified atom stereocenters. The number of aromatic nitrogens is 2. The zero-order chi connectivity index (χ0) is 15.7. The van der Waals surface area contributed by atoms with Crippen LogP contribution in [-0.4, -0.2) is 20.7 Å². The number of alkyl halides is 1. The molecule has 0 aliphatic rings. The number of benzene rings is 1. The Kier molecular flexibility index (Phi) is 3.86. The fourth-order valence-corrected chi connectivity index (χ4v) is 2.30. The number of pyridine rings is 1. The van der Waals surface area contributed by atoms with Crippen molar-refractivity contribution in [2.75, 3.05) is 5.32 Å². The summed E-state index contributed by atoms with van der Waals surface area (Å²) in [7, 11) is 0. The highest BCUT2D eigenvalue weighted by atomic mass is 35.5. The molecule has 0 spiro atoms. The van der Waals surface area contributed by atoms with Crippen molar-refractivity contribution in [3.05, 3.63) is 54.2 Å². The van der Waals surface area contributed by atoms with Crippen molar-refractivity contribution in [1.29, 1.82) is 0 Å². The molecule has 0 aliphatic heterocycles. The number of hydrogen-bond acceptors (Lipinski definition) is 2. The number of amides is 1. The lowest BCUT2D eigenvalue weighted by Crippen LogP contribution is -2.21. The minimum absolute atomic E-state index is 0.249. The number of anilines is 1. The molecule has 0 aliphatic carbocycles. The molecule has 3 rings (SSSR count). The third-order valence-electron chi connectivity index (χ3n) is 3.46. The number of carbonyl (C=O) groups excluding carboxylic acids is 1. The Morgan fingerprint density at radius 3 is 2.64 bits per heavy atom. The molecule has 2 aromatic heterocycles. The first-order valence-corrected chi connectivity index (χ1v) is 7.49. The van der Waals surface area contributed by atoms with Gasteiger partial charge in [0.15, 0.2) is 0 Å². The number of nitrogens with zero attached hydrogens (tertiary/aromatic N) is 2. The largest absolute Gasteiger partial charge is 0.309 e. The van der Waals surface area contributed by atoms with E-state index in [0.29, 0.717) is 5.82 Å². The fraction of sp³-hybridized carbons (Fsp3) is 0.176. The first-order valence-electron chi connectivity index (χ1n) is 7.05. The van der Waals surface area contributed by atoms with Crippen molar-refractivity contribution < 1.29 is 4.79 Å². The molecule has 2 heterocycles. The van der Waals surface area contributed by atoms with Crippen LogP contribution in [0.4, 0.5) is 5.82 Å². The lowest BCUT2D eigenvalue weighted by atomic mass is 10.1. The maximum absolute atomic E-state index is 12.0. The Balaban J connectivity index is 2.16. The molecule has 5 heteroatoms. The molecule has 3 aromatic rings. The van der Waals surface area contributed by atoms with Crippen molar-refractivity contribution in [3.63, 3.8) is 0 Å². The molecular formula is C17H16ClN3O. The number of imidazole rings is 1. The van der Waals surface area contributed by atoms with Gasteiger partial charge in [0, 0.05) is 11.8 Å². The molecule has 1 N–H and O–H groups in total. The van der Waals surface area contributed by atoms with Crippen LogP contribution in [0.3, 0.4) is 0 Å². The van der Waals surface area contributed by atoms with Crippen molar-refractivity contribution in [2.24, 2.45) is 0 Å². The molecule has 0 saturated carbocycles. The van der Waals surface area contributed by atoms with Gasteiger partial charge in [-0.05, 0) is 26.0 Å². The minimum Gasteiger partial charge on any atom is -0.309 e. The summed E-state index contributed by atoms with van der Waals surface area (Å²) in [6.45, 7) is 3.68. The second-order valence-corrected chi connectivity index (χ2v) is 5.86. The van der Waals surface area contributed by atoms with E-state index in [1.807, 2.05) is 60.0 Å². The first kappa shape index (κ1) is 14.6. The molecule has 4 nitrogen and oxygen atoms in total. The van der Waals surface area contributed by atoms with E-state index < -0.39 is 5.38 Å². The standard InChI is InChI=1S/C17H16ClN3O/c1-11-6-8-13(9-7-11)15-16(20-17(22)12(2)18)21-10-4-3-5-14(21)19-15/h3-10,12H,1-2H3,(H,20,22). The molecule has 22 heavy (non-hydrogen) atoms. The second kappa shape index (κ2) is 5.81. The van der Waals surface area contributed by atoms with E-state index in [2.05, 4.69) is 10.3 Å². The van der Waals surface area contributed by atoms with E-state index in [0.717, 1.165) is 16.9 Å². The van der Waals surface area contributed by atoms with E-state index in [1.54, 1.807) is 6.92 Å². The summed E-state index contributed by atoms with van der Waals surface area (Å²) in [5.41, 5.74) is 3.63. The molecule has 1 amide bonds. The van der Waals surface area contributed by atoms with Crippen LogP contribution in [0.1, 0.15) is 12.5 Å². The zero-order valence-corrected chi connectivity index (χ0v) is 13.1. The number of nitrogens with one attached hydrogen (secondary N) is 1. The van der Waals surface area contributed by atoms with Crippen molar-refractivity contribution in [2.45, 2.75) is 19.2 Å². The molecule has 0 bridgehead atoms. The Bertz CT molecular complexity index is 822. The number of fused-ring (bicyclic) bond motifs is 1. The summed E-state index contributed by atoms with van der Waals surface area (Å²) in [6, 6.07) is 13.7. The third kappa shape index (κ3) is 2.70. The predicted octanol–water partition coefficient (Wildman–Crippen LogP) is 3.88. The van der Waals surface area contributed by atoms with Gasteiger partial charge in [-0.25, -0.2) is 4.98 Å². The highest BCUT2D eigenvalue weighted by Gasteiger charge is 2.18. The Morgan fingerprint density at radius 1 is 1.23 bits per heavy atom. The smallest absolute Gasteiger partial charge is 0.243 e. The van der Waals surface area contributed by atoms with Crippen LogP contribution < -0.4 is 5.32 Å². The van der Waals surface area contributed by atoms with Crippen LogP contribution in [0.2, 0.25) is 0 Å². The summed E-state index contributed by atoms with van der Waals surface area (Å²) in [4.78, 5) is 16.6. The van der Waals surface area contributed by atoms with Gasteiger partial charge in [0.1, 0.15) is 22.5 Å². The number of carbonyl (C=O) groups is 1. The van der Waals surface area contributed by atoms with Crippen molar-refractivity contribution in [3.8, 4) is 11.3 Å². The lowest BCUT2D eigenvalue weighted by Gasteiger charge is -2.09. The minimum atomic E-state index is -0.611. The van der Waals surface area contributed by atoms with Gasteiger partial charge in [-0.15, -0.1) is 11.6 Å². The Labute approximate surface area is 133 Å². The quantitative estimate of drug-likeness (QED) is 0.746. The number of halogens is 1. The first-order chi connectivity index (χ1) is 10.6. The summed E-state index contributed by atoms with van der Waals surface area (Å²) < 4.78 is 1.85. The summed E-state index contributed by atoms with van der Waals surface area (Å²) >= 11 is 5.87. The second-order valence-electron chi connectivity index (χ2n) is 5.21. The van der Waals surface area contributed by atoms with Crippen LogP contribution >= 0.6 is 11.6 Å². The molecular weight excluding hydrogens is 298 g/mol. The predicted molar refractivity (Wildman–Crippen MR) is 89.3 cm³/mol. The van der Waals surface area contributed by atoms with Gasteiger partial charge in [0.05, 0.1) is 0 Å². The van der Waals surface area contributed by atoms with Crippen LogP contribution in [0.25, 0.3) is 16.9 Å². The highest BCUT2D eigenvalue weighted by molar-refractivity contribution is 6.32. The van der Waals surface area contributed by atoms with Gasteiger partial charge in [-0.2, -0.15) is 0 Å². The molecule has 1 atom stereocenters. The van der Waals surface area contributed by atoms with E-state index in [-0.39, 0.29) is 5.91 Å². The summed E-state index contributed by atoms with van der Waals surface area (Å²) in [5.74, 6) is 0.387. The number of rotatable bonds is 3. The van der Waals surface area contributed by atoms with Gasteiger partial charge in [-0.1, -0.05) is 35.9 Å². The van der Waals surface area contributed by atoms with E-state index >= 15 is 0 Å². The van der Waals surface area contributed by atoms with Gasteiger partial charge in [0.25, 0.3) is 0 Å². The zero-order valence-electron chi connectivity index (χ0n) is 12.4. The van der Waals surface area contributed by atoms with E-state index in [4.69, 9.17) is 11.6 Å². The third-order valence-corrected chi connectivity index (χ3v) is 3.66. The number of aryl methyl sites for hydroxylation is 1. The van der Waals surface area contributed by atoms with Crippen LogP contribution in [-0.2, 0) is 4.79 Å². The van der Waals surface area contributed by atoms with Crippen molar-refractivity contribution >= 4 is 29.0 Å². The molecule has 0 radical (unpaired) electrons. The number of hydrogen-bond donors (Lipinski definition) is 1. The highest BCUT2D eigenvalue weighted by Crippen LogP contribution is 2.29.